The van der Waals surface area contributed by atoms with Crippen LogP contribution in [-0.4, -0.2) is 17.9 Å². The van der Waals surface area contributed by atoms with E-state index < -0.39 is 6.04 Å². The molecule has 0 aliphatic carbocycles. The Morgan fingerprint density at radius 3 is 2.37 bits per heavy atom. The van der Waals surface area contributed by atoms with Gasteiger partial charge < -0.3 is 5.32 Å². The van der Waals surface area contributed by atoms with Crippen molar-refractivity contribution < 1.29 is 9.59 Å². The van der Waals surface area contributed by atoms with E-state index in [1.54, 1.807) is 0 Å². The summed E-state index contributed by atoms with van der Waals surface area (Å²) in [5, 5.41) is 2.79. The van der Waals surface area contributed by atoms with E-state index >= 15 is 0 Å². The molecule has 0 saturated carbocycles. The van der Waals surface area contributed by atoms with E-state index in [2.05, 4.69) is 36.9 Å². The quantitative estimate of drug-likeness (QED) is 0.752. The van der Waals surface area contributed by atoms with E-state index in [-0.39, 0.29) is 23.7 Å². The van der Waals surface area contributed by atoms with Gasteiger partial charge in [0.1, 0.15) is 6.04 Å². The highest BCUT2D eigenvalue weighted by Gasteiger charge is 2.27. The fourth-order valence-corrected chi connectivity index (χ4v) is 1.90. The van der Waals surface area contributed by atoms with Gasteiger partial charge in [-0.25, -0.2) is 5.43 Å². The number of hydrazine groups is 1. The monoisotopic (exact) mass is 261 g/mol. The number of amides is 2. The minimum Gasteiger partial charge on any atom is -0.325 e. The molecule has 1 aliphatic rings. The van der Waals surface area contributed by atoms with Crippen LogP contribution in [0.2, 0.25) is 0 Å². The first-order chi connectivity index (χ1) is 8.86. The zero-order valence-corrected chi connectivity index (χ0v) is 11.4. The maximum Gasteiger partial charge on any atom is 0.243 e. The van der Waals surface area contributed by atoms with Crippen molar-refractivity contribution in [3.63, 3.8) is 0 Å². The van der Waals surface area contributed by atoms with Gasteiger partial charge in [-0.2, -0.15) is 0 Å². The Balaban J connectivity index is 2.00. The standard InChI is InChI=1S/C14H19N3O2/c1-14(2,3)9-4-6-10(7-5-9)15-13(19)11-8-12(18)17-16-11/h4-7,11,16H,8H2,1-3H3,(H,15,19)(H,17,18). The summed E-state index contributed by atoms with van der Waals surface area (Å²) in [5.74, 6) is -0.370. The van der Waals surface area contributed by atoms with E-state index in [1.165, 1.54) is 5.56 Å². The lowest BCUT2D eigenvalue weighted by Crippen LogP contribution is -2.39. The summed E-state index contributed by atoms with van der Waals surface area (Å²) in [4.78, 5) is 22.9. The number of anilines is 1. The normalized spacial score (nSPS) is 19.1. The summed E-state index contributed by atoms with van der Waals surface area (Å²) in [5.41, 5.74) is 7.10. The molecule has 5 nitrogen and oxygen atoms in total. The van der Waals surface area contributed by atoms with Crippen LogP contribution in [0, 0.1) is 0 Å². The summed E-state index contributed by atoms with van der Waals surface area (Å²) < 4.78 is 0. The van der Waals surface area contributed by atoms with Crippen molar-refractivity contribution in [2.75, 3.05) is 5.32 Å². The van der Waals surface area contributed by atoms with Crippen LogP contribution in [0.3, 0.4) is 0 Å². The number of carbonyl (C=O) groups is 2. The molecule has 0 spiro atoms. The molecule has 1 aromatic rings. The van der Waals surface area contributed by atoms with Crippen LogP contribution in [0.4, 0.5) is 5.69 Å². The SMILES string of the molecule is CC(C)(C)c1ccc(NC(=O)C2CC(=O)NN2)cc1. The molecular weight excluding hydrogens is 242 g/mol. The van der Waals surface area contributed by atoms with Crippen molar-refractivity contribution in [3.8, 4) is 0 Å². The van der Waals surface area contributed by atoms with E-state index in [1.807, 2.05) is 24.3 Å². The molecule has 1 saturated heterocycles. The third-order valence-electron chi connectivity index (χ3n) is 3.11. The molecule has 1 atom stereocenters. The predicted molar refractivity (Wildman–Crippen MR) is 73.5 cm³/mol. The second-order valence-corrected chi connectivity index (χ2v) is 5.77. The van der Waals surface area contributed by atoms with Gasteiger partial charge >= 0.3 is 0 Å². The molecule has 102 valence electrons. The van der Waals surface area contributed by atoms with Gasteiger partial charge in [0.15, 0.2) is 0 Å². The lowest BCUT2D eigenvalue weighted by atomic mass is 9.87. The van der Waals surface area contributed by atoms with E-state index in [4.69, 9.17) is 0 Å². The third kappa shape index (κ3) is 3.32. The minimum atomic E-state index is -0.505. The van der Waals surface area contributed by atoms with Crippen molar-refractivity contribution in [2.24, 2.45) is 0 Å². The lowest BCUT2D eigenvalue weighted by molar-refractivity contribution is -0.121. The Morgan fingerprint density at radius 1 is 1.26 bits per heavy atom. The Hall–Kier alpha value is -1.88. The smallest absolute Gasteiger partial charge is 0.243 e. The molecule has 1 aliphatic heterocycles. The predicted octanol–water partition coefficient (Wildman–Crippen LogP) is 1.32. The molecular formula is C14H19N3O2. The number of carbonyl (C=O) groups excluding carboxylic acids is 2. The second kappa shape index (κ2) is 5.01. The van der Waals surface area contributed by atoms with Crippen molar-refractivity contribution in [3.05, 3.63) is 29.8 Å². The van der Waals surface area contributed by atoms with Crippen molar-refractivity contribution >= 4 is 17.5 Å². The molecule has 1 unspecified atom stereocenters. The van der Waals surface area contributed by atoms with Crippen LogP contribution in [0.25, 0.3) is 0 Å². The van der Waals surface area contributed by atoms with Crippen LogP contribution >= 0.6 is 0 Å². The zero-order chi connectivity index (χ0) is 14.0. The van der Waals surface area contributed by atoms with Gasteiger partial charge in [-0.05, 0) is 23.1 Å². The van der Waals surface area contributed by atoms with Gasteiger partial charge in [0.2, 0.25) is 11.8 Å². The Bertz CT molecular complexity index is 488. The van der Waals surface area contributed by atoms with Crippen LogP contribution in [0.15, 0.2) is 24.3 Å². The summed E-state index contributed by atoms with van der Waals surface area (Å²) in [7, 11) is 0. The highest BCUT2D eigenvalue weighted by molar-refractivity contribution is 5.99. The molecule has 1 heterocycles. The van der Waals surface area contributed by atoms with Gasteiger partial charge in [0.25, 0.3) is 0 Å². The van der Waals surface area contributed by atoms with E-state index in [9.17, 15) is 9.59 Å². The maximum atomic E-state index is 11.9. The second-order valence-electron chi connectivity index (χ2n) is 5.77. The van der Waals surface area contributed by atoms with E-state index in [0.29, 0.717) is 0 Å². The molecule has 0 aromatic heterocycles. The van der Waals surface area contributed by atoms with Gasteiger partial charge in [-0.1, -0.05) is 32.9 Å². The number of hydrogen-bond donors (Lipinski definition) is 3. The highest BCUT2D eigenvalue weighted by Crippen LogP contribution is 2.23. The highest BCUT2D eigenvalue weighted by atomic mass is 16.2. The first-order valence-corrected chi connectivity index (χ1v) is 6.32. The largest absolute Gasteiger partial charge is 0.325 e. The topological polar surface area (TPSA) is 70.2 Å². The molecule has 5 heteroatoms. The van der Waals surface area contributed by atoms with E-state index in [0.717, 1.165) is 5.69 Å². The summed E-state index contributed by atoms with van der Waals surface area (Å²) >= 11 is 0. The number of rotatable bonds is 2. The molecule has 0 radical (unpaired) electrons. The van der Waals surface area contributed by atoms with Crippen molar-refractivity contribution in [1.82, 2.24) is 10.9 Å². The summed E-state index contributed by atoms with van der Waals surface area (Å²) in [6, 6.07) is 7.25. The van der Waals surface area contributed by atoms with Crippen LogP contribution in [0.5, 0.6) is 0 Å². The number of nitrogens with one attached hydrogen (secondary N) is 3. The third-order valence-corrected chi connectivity index (χ3v) is 3.11. The molecule has 1 fully saturated rings. The molecule has 2 amide bonds. The lowest BCUT2D eigenvalue weighted by Gasteiger charge is -2.19. The molecule has 1 aromatic carbocycles. The van der Waals surface area contributed by atoms with Gasteiger partial charge in [0, 0.05) is 5.69 Å². The average molecular weight is 261 g/mol. The molecule has 0 bridgehead atoms. The first-order valence-electron chi connectivity index (χ1n) is 6.32. The van der Waals surface area contributed by atoms with Crippen LogP contribution < -0.4 is 16.2 Å². The van der Waals surface area contributed by atoms with Gasteiger partial charge in [0.05, 0.1) is 6.42 Å². The minimum absolute atomic E-state index is 0.0892. The zero-order valence-electron chi connectivity index (χ0n) is 11.4. The van der Waals surface area contributed by atoms with Crippen LogP contribution in [-0.2, 0) is 15.0 Å². The Labute approximate surface area is 112 Å². The van der Waals surface area contributed by atoms with Crippen molar-refractivity contribution in [2.45, 2.75) is 38.6 Å². The van der Waals surface area contributed by atoms with Crippen molar-refractivity contribution in [1.29, 1.82) is 0 Å². The maximum absolute atomic E-state index is 11.9. The average Bonchev–Trinajstić information content (AvgIpc) is 2.75. The fourth-order valence-electron chi connectivity index (χ4n) is 1.90. The molecule has 19 heavy (non-hydrogen) atoms. The Kier molecular flexibility index (Phi) is 3.57. The number of hydrogen-bond acceptors (Lipinski definition) is 3. The van der Waals surface area contributed by atoms with Gasteiger partial charge in [-0.3, -0.25) is 15.0 Å². The first kappa shape index (κ1) is 13.5. The molecule has 2 rings (SSSR count). The van der Waals surface area contributed by atoms with Crippen LogP contribution in [0.1, 0.15) is 32.8 Å². The Morgan fingerprint density at radius 2 is 1.89 bits per heavy atom. The molecule has 3 N–H and O–H groups in total. The fraction of sp³-hybridized carbons (Fsp3) is 0.429. The van der Waals surface area contributed by atoms with Gasteiger partial charge in [-0.15, -0.1) is 0 Å². The number of benzene rings is 1. The summed E-state index contributed by atoms with van der Waals surface area (Å²) in [6.45, 7) is 6.42. The summed E-state index contributed by atoms with van der Waals surface area (Å²) in [6.07, 6.45) is 0.173.